The summed E-state index contributed by atoms with van der Waals surface area (Å²) >= 11 is 5.88. The van der Waals surface area contributed by atoms with Gasteiger partial charge in [0, 0.05) is 17.6 Å². The number of hydrogen-bond acceptors (Lipinski definition) is 2. The van der Waals surface area contributed by atoms with E-state index in [0.717, 1.165) is 24.3 Å². The quantitative estimate of drug-likeness (QED) is 0.862. The second-order valence-electron chi connectivity index (χ2n) is 4.86. The molecule has 0 aliphatic heterocycles. The van der Waals surface area contributed by atoms with Gasteiger partial charge in [-0.1, -0.05) is 23.7 Å². The van der Waals surface area contributed by atoms with E-state index in [2.05, 4.69) is 17.4 Å². The van der Waals surface area contributed by atoms with Gasteiger partial charge in [0.1, 0.15) is 0 Å². The van der Waals surface area contributed by atoms with E-state index >= 15 is 0 Å². The summed E-state index contributed by atoms with van der Waals surface area (Å²) in [7, 11) is 0. The predicted octanol–water partition coefficient (Wildman–Crippen LogP) is 3.04. The maximum Gasteiger partial charge on any atom is 0.304 e. The van der Waals surface area contributed by atoms with Crippen LogP contribution in [0.2, 0.25) is 5.02 Å². The van der Waals surface area contributed by atoms with Gasteiger partial charge < -0.3 is 10.4 Å². The van der Waals surface area contributed by atoms with E-state index in [9.17, 15) is 4.79 Å². The minimum Gasteiger partial charge on any atom is -0.481 e. The van der Waals surface area contributed by atoms with Crippen molar-refractivity contribution in [2.24, 2.45) is 0 Å². The van der Waals surface area contributed by atoms with Crippen molar-refractivity contribution in [3.63, 3.8) is 0 Å². The lowest BCUT2D eigenvalue weighted by Crippen LogP contribution is -2.28. The highest BCUT2D eigenvalue weighted by atomic mass is 35.5. The number of rotatable bonds is 5. The normalized spacial score (nSPS) is 23.2. The van der Waals surface area contributed by atoms with Gasteiger partial charge in [0.2, 0.25) is 0 Å². The van der Waals surface area contributed by atoms with E-state index in [4.69, 9.17) is 16.7 Å². The van der Waals surface area contributed by atoms with E-state index in [1.165, 1.54) is 5.56 Å². The number of carbonyl (C=O) groups is 1. The monoisotopic (exact) mass is 267 g/mol. The first kappa shape index (κ1) is 13.4. The van der Waals surface area contributed by atoms with E-state index in [0.29, 0.717) is 18.5 Å². The minimum absolute atomic E-state index is 0.197. The number of benzene rings is 1. The Morgan fingerprint density at radius 2 is 2.06 bits per heavy atom. The molecule has 1 saturated carbocycles. The smallest absolute Gasteiger partial charge is 0.304 e. The van der Waals surface area contributed by atoms with Crippen LogP contribution in [0.4, 0.5) is 0 Å². The van der Waals surface area contributed by atoms with E-state index in [1.54, 1.807) is 0 Å². The molecule has 98 valence electrons. The SMILES string of the molecule is O=C(O)CCNC1CCC(c2ccc(Cl)cc2)C1. The van der Waals surface area contributed by atoms with Crippen LogP contribution in [-0.4, -0.2) is 23.7 Å². The summed E-state index contributed by atoms with van der Waals surface area (Å²) in [5, 5.41) is 12.7. The molecule has 0 radical (unpaired) electrons. The predicted molar refractivity (Wildman–Crippen MR) is 72.1 cm³/mol. The molecular formula is C14H18ClNO2. The van der Waals surface area contributed by atoms with Crippen LogP contribution in [-0.2, 0) is 4.79 Å². The second kappa shape index (κ2) is 6.21. The number of nitrogens with one attached hydrogen (secondary N) is 1. The van der Waals surface area contributed by atoms with Crippen LogP contribution in [0.1, 0.15) is 37.2 Å². The summed E-state index contributed by atoms with van der Waals surface area (Å²) in [6.45, 7) is 0.563. The Morgan fingerprint density at radius 1 is 1.33 bits per heavy atom. The van der Waals surface area contributed by atoms with Crippen LogP contribution >= 0.6 is 11.6 Å². The maximum absolute atomic E-state index is 10.4. The van der Waals surface area contributed by atoms with E-state index < -0.39 is 5.97 Å². The summed E-state index contributed by atoms with van der Waals surface area (Å²) in [5.74, 6) is -0.167. The largest absolute Gasteiger partial charge is 0.481 e. The van der Waals surface area contributed by atoms with Gasteiger partial charge in [-0.3, -0.25) is 4.79 Å². The molecular weight excluding hydrogens is 250 g/mol. The zero-order valence-electron chi connectivity index (χ0n) is 10.2. The van der Waals surface area contributed by atoms with Crippen LogP contribution < -0.4 is 5.32 Å². The summed E-state index contributed by atoms with van der Waals surface area (Å²) < 4.78 is 0. The van der Waals surface area contributed by atoms with Crippen molar-refractivity contribution < 1.29 is 9.90 Å². The molecule has 1 aromatic carbocycles. The summed E-state index contributed by atoms with van der Waals surface area (Å²) in [4.78, 5) is 10.4. The molecule has 2 unspecified atom stereocenters. The zero-order chi connectivity index (χ0) is 13.0. The molecule has 4 heteroatoms. The van der Waals surface area contributed by atoms with Crippen LogP contribution in [0.3, 0.4) is 0 Å². The molecule has 2 atom stereocenters. The first-order chi connectivity index (χ1) is 8.65. The van der Waals surface area contributed by atoms with Crippen LogP contribution in [0.25, 0.3) is 0 Å². The molecule has 0 heterocycles. The molecule has 0 bridgehead atoms. The fourth-order valence-corrected chi connectivity index (χ4v) is 2.71. The third-order valence-corrected chi connectivity index (χ3v) is 3.80. The Labute approximate surface area is 112 Å². The number of halogens is 1. The highest BCUT2D eigenvalue weighted by molar-refractivity contribution is 6.30. The first-order valence-electron chi connectivity index (χ1n) is 6.36. The molecule has 2 rings (SSSR count). The number of carboxylic acids is 1. The Kier molecular flexibility index (Phi) is 4.61. The number of aliphatic carboxylic acids is 1. The van der Waals surface area contributed by atoms with Gasteiger partial charge in [-0.05, 0) is 42.9 Å². The standard InChI is InChI=1S/C14H18ClNO2/c15-12-4-1-10(2-5-12)11-3-6-13(9-11)16-8-7-14(17)18/h1-2,4-5,11,13,16H,3,6-9H2,(H,17,18). The van der Waals surface area contributed by atoms with E-state index in [1.807, 2.05) is 12.1 Å². The lowest BCUT2D eigenvalue weighted by molar-refractivity contribution is -0.136. The van der Waals surface area contributed by atoms with Crippen molar-refractivity contribution in [2.45, 2.75) is 37.6 Å². The number of carboxylic acid groups (broad SMARTS) is 1. The molecule has 18 heavy (non-hydrogen) atoms. The Bertz CT molecular complexity index is 405. The van der Waals surface area contributed by atoms with Crippen molar-refractivity contribution >= 4 is 17.6 Å². The Morgan fingerprint density at radius 3 is 2.72 bits per heavy atom. The lowest BCUT2D eigenvalue weighted by atomic mass is 9.97. The Balaban J connectivity index is 1.81. The van der Waals surface area contributed by atoms with Gasteiger partial charge in [0.15, 0.2) is 0 Å². The summed E-state index contributed by atoms with van der Waals surface area (Å²) in [5.41, 5.74) is 1.34. The van der Waals surface area contributed by atoms with Crippen LogP contribution in [0.5, 0.6) is 0 Å². The molecule has 1 aromatic rings. The lowest BCUT2D eigenvalue weighted by Gasteiger charge is -2.13. The highest BCUT2D eigenvalue weighted by Crippen LogP contribution is 2.34. The van der Waals surface area contributed by atoms with Crippen molar-refractivity contribution in [3.8, 4) is 0 Å². The first-order valence-corrected chi connectivity index (χ1v) is 6.73. The zero-order valence-corrected chi connectivity index (χ0v) is 11.0. The average Bonchev–Trinajstić information content (AvgIpc) is 2.78. The molecule has 0 saturated heterocycles. The van der Waals surface area contributed by atoms with Crippen molar-refractivity contribution in [2.75, 3.05) is 6.54 Å². The van der Waals surface area contributed by atoms with Gasteiger partial charge in [-0.25, -0.2) is 0 Å². The molecule has 1 aliphatic carbocycles. The van der Waals surface area contributed by atoms with Gasteiger partial charge in [0.05, 0.1) is 6.42 Å². The highest BCUT2D eigenvalue weighted by Gasteiger charge is 2.25. The van der Waals surface area contributed by atoms with Crippen molar-refractivity contribution in [1.29, 1.82) is 0 Å². The topological polar surface area (TPSA) is 49.3 Å². The molecule has 2 N–H and O–H groups in total. The van der Waals surface area contributed by atoms with Gasteiger partial charge >= 0.3 is 5.97 Å². The third-order valence-electron chi connectivity index (χ3n) is 3.55. The third kappa shape index (κ3) is 3.72. The summed E-state index contributed by atoms with van der Waals surface area (Å²) in [6, 6.07) is 8.49. The van der Waals surface area contributed by atoms with Crippen LogP contribution in [0.15, 0.2) is 24.3 Å². The van der Waals surface area contributed by atoms with Crippen LogP contribution in [0, 0.1) is 0 Å². The van der Waals surface area contributed by atoms with Gasteiger partial charge in [-0.2, -0.15) is 0 Å². The second-order valence-corrected chi connectivity index (χ2v) is 5.29. The molecule has 3 nitrogen and oxygen atoms in total. The van der Waals surface area contributed by atoms with E-state index in [-0.39, 0.29) is 6.42 Å². The van der Waals surface area contributed by atoms with Crippen molar-refractivity contribution in [3.05, 3.63) is 34.9 Å². The molecule has 1 aliphatic rings. The van der Waals surface area contributed by atoms with Gasteiger partial charge in [0.25, 0.3) is 0 Å². The maximum atomic E-state index is 10.4. The summed E-state index contributed by atoms with van der Waals surface area (Å²) in [6.07, 6.45) is 3.56. The fourth-order valence-electron chi connectivity index (χ4n) is 2.59. The molecule has 0 aromatic heterocycles. The molecule has 1 fully saturated rings. The molecule has 0 spiro atoms. The average molecular weight is 268 g/mol. The minimum atomic E-state index is -0.741. The van der Waals surface area contributed by atoms with Gasteiger partial charge in [-0.15, -0.1) is 0 Å². The van der Waals surface area contributed by atoms with Crippen molar-refractivity contribution in [1.82, 2.24) is 5.32 Å². The Hall–Kier alpha value is -1.06. The molecule has 0 amide bonds. The fraction of sp³-hybridized carbons (Fsp3) is 0.500. The number of hydrogen-bond donors (Lipinski definition) is 2.